The van der Waals surface area contributed by atoms with Crippen molar-refractivity contribution in [1.82, 2.24) is 0 Å². The quantitative estimate of drug-likeness (QED) is 0.684. The molecule has 0 aliphatic heterocycles. The molecule has 0 aliphatic rings. The minimum Gasteiger partial charge on any atom is -0.405 e. The molecule has 1 aromatic carbocycles. The van der Waals surface area contributed by atoms with Crippen molar-refractivity contribution < 1.29 is 22.8 Å². The first kappa shape index (κ1) is 16.5. The van der Waals surface area contributed by atoms with Gasteiger partial charge in [-0.25, -0.2) is 0 Å². The molecule has 0 saturated carbocycles. The van der Waals surface area contributed by atoms with Crippen LogP contribution in [0.5, 0.6) is 5.75 Å². The second-order valence-corrected chi connectivity index (χ2v) is 3.32. The molecule has 0 aliphatic carbocycles. The van der Waals surface area contributed by atoms with Crippen LogP contribution >= 0.6 is 12.4 Å². The van der Waals surface area contributed by atoms with E-state index in [4.69, 9.17) is 5.73 Å². The maximum absolute atomic E-state index is 12.0. The molecule has 0 aromatic heterocycles. The van der Waals surface area contributed by atoms with Crippen LogP contribution in [0.1, 0.15) is 18.5 Å². The minimum absolute atomic E-state index is 0. The maximum atomic E-state index is 12.0. The summed E-state index contributed by atoms with van der Waals surface area (Å²) in [5.74, 6) is -0.530. The highest BCUT2D eigenvalue weighted by molar-refractivity contribution is 5.85. The summed E-state index contributed by atoms with van der Waals surface area (Å²) in [6.07, 6.45) is -4.86. The molecule has 0 unspecified atom stereocenters. The summed E-state index contributed by atoms with van der Waals surface area (Å²) >= 11 is 0. The molecule has 0 spiro atoms. The van der Waals surface area contributed by atoms with Crippen LogP contribution in [0, 0.1) is 10.1 Å². The lowest BCUT2D eigenvalue weighted by Crippen LogP contribution is -2.19. The number of ether oxygens (including phenoxy) is 1. The van der Waals surface area contributed by atoms with Gasteiger partial charge in [-0.3, -0.25) is 10.1 Å². The van der Waals surface area contributed by atoms with Crippen molar-refractivity contribution in [2.45, 2.75) is 19.3 Å². The molecular weight excluding hydrogens is 277 g/mol. The zero-order valence-corrected chi connectivity index (χ0v) is 9.92. The average molecular weight is 287 g/mol. The third-order valence-electron chi connectivity index (χ3n) is 1.92. The molecule has 0 radical (unpaired) electrons. The van der Waals surface area contributed by atoms with Crippen molar-refractivity contribution in [3.63, 3.8) is 0 Å². The second kappa shape index (κ2) is 5.87. The first-order valence-electron chi connectivity index (χ1n) is 4.50. The Bertz CT molecular complexity index is 438. The highest BCUT2D eigenvalue weighted by Crippen LogP contribution is 2.32. The number of halogens is 4. The van der Waals surface area contributed by atoms with Crippen molar-refractivity contribution in [3.8, 4) is 5.75 Å². The maximum Gasteiger partial charge on any atom is 0.573 e. The van der Waals surface area contributed by atoms with Crippen LogP contribution < -0.4 is 10.5 Å². The van der Waals surface area contributed by atoms with E-state index in [0.717, 1.165) is 18.2 Å². The summed E-state index contributed by atoms with van der Waals surface area (Å²) < 4.78 is 39.9. The molecule has 18 heavy (non-hydrogen) atoms. The van der Waals surface area contributed by atoms with Crippen LogP contribution in [0.2, 0.25) is 0 Å². The van der Waals surface area contributed by atoms with Gasteiger partial charge in [-0.15, -0.1) is 25.6 Å². The van der Waals surface area contributed by atoms with Gasteiger partial charge in [-0.05, 0) is 13.0 Å². The first-order valence-corrected chi connectivity index (χ1v) is 4.50. The summed E-state index contributed by atoms with van der Waals surface area (Å²) in [6, 6.07) is 1.95. The number of nitro benzene ring substituents is 1. The highest BCUT2D eigenvalue weighted by Gasteiger charge is 2.32. The lowest BCUT2D eigenvalue weighted by molar-refractivity contribution is -0.385. The Balaban J connectivity index is 0.00000289. The van der Waals surface area contributed by atoms with Crippen LogP contribution in [0.15, 0.2) is 18.2 Å². The third kappa shape index (κ3) is 4.38. The van der Waals surface area contributed by atoms with Crippen LogP contribution in [0.3, 0.4) is 0 Å². The fourth-order valence-electron chi connectivity index (χ4n) is 1.22. The van der Waals surface area contributed by atoms with E-state index in [2.05, 4.69) is 4.74 Å². The molecule has 1 aromatic rings. The smallest absolute Gasteiger partial charge is 0.405 e. The Hall–Kier alpha value is -1.54. The molecule has 1 rings (SSSR count). The lowest BCUT2D eigenvalue weighted by atomic mass is 10.1. The number of nitro groups is 1. The number of rotatable bonds is 3. The fourth-order valence-corrected chi connectivity index (χ4v) is 1.22. The van der Waals surface area contributed by atoms with E-state index < -0.39 is 23.1 Å². The molecule has 2 N–H and O–H groups in total. The van der Waals surface area contributed by atoms with Crippen LogP contribution in [-0.2, 0) is 0 Å². The Morgan fingerprint density at radius 1 is 1.44 bits per heavy atom. The largest absolute Gasteiger partial charge is 0.573 e. The van der Waals surface area contributed by atoms with Gasteiger partial charge in [0.05, 0.1) is 4.92 Å². The van der Waals surface area contributed by atoms with E-state index in [1.165, 1.54) is 6.92 Å². The zero-order chi connectivity index (χ0) is 13.2. The number of hydrogen-bond donors (Lipinski definition) is 1. The number of hydrogen-bond acceptors (Lipinski definition) is 4. The van der Waals surface area contributed by atoms with Crippen molar-refractivity contribution in [3.05, 3.63) is 33.9 Å². The van der Waals surface area contributed by atoms with Crippen LogP contribution in [0.4, 0.5) is 18.9 Å². The van der Waals surface area contributed by atoms with Gasteiger partial charge < -0.3 is 10.5 Å². The summed E-state index contributed by atoms with van der Waals surface area (Å²) in [7, 11) is 0. The number of non-ortho nitro benzene ring substituents is 1. The van der Waals surface area contributed by atoms with Crippen LogP contribution in [-0.4, -0.2) is 11.3 Å². The predicted molar refractivity (Wildman–Crippen MR) is 59.6 cm³/mol. The van der Waals surface area contributed by atoms with Gasteiger partial charge in [-0.1, -0.05) is 0 Å². The van der Waals surface area contributed by atoms with E-state index in [1.807, 2.05) is 0 Å². The van der Waals surface area contributed by atoms with E-state index in [1.54, 1.807) is 0 Å². The normalized spacial score (nSPS) is 12.5. The van der Waals surface area contributed by atoms with E-state index in [-0.39, 0.29) is 23.7 Å². The number of benzene rings is 1. The zero-order valence-electron chi connectivity index (χ0n) is 9.10. The van der Waals surface area contributed by atoms with Crippen molar-refractivity contribution in [2.24, 2.45) is 5.73 Å². The standard InChI is InChI=1S/C9H9F3N2O3.ClH/c1-5(13)7-4-6(14(15)16)2-3-8(7)17-9(10,11)12;/h2-5H,13H2,1H3;1H/t5-;/m1./s1. The monoisotopic (exact) mass is 286 g/mol. The van der Waals surface area contributed by atoms with Gasteiger partial charge in [-0.2, -0.15) is 0 Å². The van der Waals surface area contributed by atoms with Gasteiger partial charge in [0, 0.05) is 23.7 Å². The van der Waals surface area contributed by atoms with Crippen molar-refractivity contribution in [2.75, 3.05) is 0 Å². The molecule has 5 nitrogen and oxygen atoms in total. The Morgan fingerprint density at radius 2 is 2.00 bits per heavy atom. The van der Waals surface area contributed by atoms with Gasteiger partial charge >= 0.3 is 6.36 Å². The Morgan fingerprint density at radius 3 is 2.39 bits per heavy atom. The molecule has 0 fully saturated rings. The number of nitrogens with two attached hydrogens (primary N) is 1. The summed E-state index contributed by atoms with van der Waals surface area (Å²) in [6.45, 7) is 1.41. The second-order valence-electron chi connectivity index (χ2n) is 3.32. The van der Waals surface area contributed by atoms with Gasteiger partial charge in [0.1, 0.15) is 5.75 Å². The van der Waals surface area contributed by atoms with Crippen molar-refractivity contribution >= 4 is 18.1 Å². The first-order chi connectivity index (χ1) is 7.70. The van der Waals surface area contributed by atoms with E-state index in [9.17, 15) is 23.3 Å². The highest BCUT2D eigenvalue weighted by atomic mass is 35.5. The van der Waals surface area contributed by atoms with E-state index >= 15 is 0 Å². The molecule has 0 bridgehead atoms. The predicted octanol–water partition coefficient (Wildman–Crippen LogP) is 2.93. The molecule has 102 valence electrons. The van der Waals surface area contributed by atoms with Gasteiger partial charge in [0.15, 0.2) is 0 Å². The summed E-state index contributed by atoms with van der Waals surface area (Å²) in [5, 5.41) is 10.5. The molecule has 0 heterocycles. The fraction of sp³-hybridized carbons (Fsp3) is 0.333. The van der Waals surface area contributed by atoms with E-state index in [0.29, 0.717) is 0 Å². The molecule has 1 atom stereocenters. The molecular formula is C9H10ClF3N2O3. The summed E-state index contributed by atoms with van der Waals surface area (Å²) in [5.41, 5.74) is 5.02. The van der Waals surface area contributed by atoms with Gasteiger partial charge in [0.25, 0.3) is 5.69 Å². The minimum atomic E-state index is -4.86. The third-order valence-corrected chi connectivity index (χ3v) is 1.92. The molecule has 9 heteroatoms. The number of alkyl halides is 3. The van der Waals surface area contributed by atoms with Crippen molar-refractivity contribution in [1.29, 1.82) is 0 Å². The topological polar surface area (TPSA) is 78.4 Å². The SMILES string of the molecule is C[C@@H](N)c1cc([N+](=O)[O-])ccc1OC(F)(F)F.Cl. The summed E-state index contributed by atoms with van der Waals surface area (Å²) in [4.78, 5) is 9.75. The Kier molecular flexibility index (Phi) is 5.37. The average Bonchev–Trinajstić information content (AvgIpc) is 2.14. The lowest BCUT2D eigenvalue weighted by Gasteiger charge is -2.14. The number of nitrogens with zero attached hydrogens (tertiary/aromatic N) is 1. The molecule has 0 amide bonds. The van der Waals surface area contributed by atoms with Gasteiger partial charge in [0.2, 0.25) is 0 Å². The molecule has 0 saturated heterocycles. The Labute approximate surface area is 106 Å². The van der Waals surface area contributed by atoms with Crippen LogP contribution in [0.25, 0.3) is 0 Å².